The minimum absolute atomic E-state index is 0.0145. The van der Waals surface area contributed by atoms with Crippen LogP contribution in [0.4, 0.5) is 8.78 Å². The van der Waals surface area contributed by atoms with E-state index >= 15 is 0 Å². The highest BCUT2D eigenvalue weighted by Gasteiger charge is 2.17. The molecule has 0 heterocycles. The van der Waals surface area contributed by atoms with Gasteiger partial charge in [0, 0.05) is 0 Å². The van der Waals surface area contributed by atoms with E-state index in [2.05, 4.69) is 15.9 Å². The van der Waals surface area contributed by atoms with E-state index in [1.54, 1.807) is 6.92 Å². The molecule has 0 saturated carbocycles. The Kier molecular flexibility index (Phi) is 3.66. The molecule has 0 fully saturated rings. The minimum Gasteiger partial charge on any atom is -0.478 e. The fraction of sp³-hybridized carbons (Fsp3) is 0.0714. The molecule has 0 aliphatic carbocycles. The van der Waals surface area contributed by atoms with Crippen LogP contribution in [0.5, 0.6) is 0 Å². The van der Waals surface area contributed by atoms with Gasteiger partial charge < -0.3 is 5.11 Å². The largest absolute Gasteiger partial charge is 0.478 e. The molecule has 0 radical (unpaired) electrons. The summed E-state index contributed by atoms with van der Waals surface area (Å²) in [6, 6.07) is 6.60. The lowest BCUT2D eigenvalue weighted by Crippen LogP contribution is -1.99. The predicted molar refractivity (Wildman–Crippen MR) is 71.2 cm³/mol. The molecule has 0 spiro atoms. The molecule has 0 aliphatic rings. The molecule has 0 amide bonds. The van der Waals surface area contributed by atoms with Crippen molar-refractivity contribution in [3.8, 4) is 11.1 Å². The zero-order chi connectivity index (χ0) is 14.2. The van der Waals surface area contributed by atoms with Gasteiger partial charge in [-0.25, -0.2) is 13.6 Å². The lowest BCUT2D eigenvalue weighted by atomic mass is 9.97. The van der Waals surface area contributed by atoms with E-state index < -0.39 is 17.6 Å². The zero-order valence-electron chi connectivity index (χ0n) is 9.88. The van der Waals surface area contributed by atoms with E-state index in [1.165, 1.54) is 24.3 Å². The van der Waals surface area contributed by atoms with Crippen LogP contribution in [-0.2, 0) is 0 Å². The standard InChI is InChI=1S/C14H9BrF2O2/c1-7-2-3-8(14(18)19)6-9(7)12-11(16)5-4-10(15)13(12)17/h2-6H,1H3,(H,18,19). The summed E-state index contributed by atoms with van der Waals surface area (Å²) in [5.74, 6) is -2.62. The van der Waals surface area contributed by atoms with Crippen LogP contribution < -0.4 is 0 Å². The molecule has 2 nitrogen and oxygen atoms in total. The van der Waals surface area contributed by atoms with E-state index in [0.717, 1.165) is 6.07 Å². The van der Waals surface area contributed by atoms with E-state index in [1.807, 2.05) is 0 Å². The Bertz CT molecular complexity index is 669. The quantitative estimate of drug-likeness (QED) is 0.830. The summed E-state index contributed by atoms with van der Waals surface area (Å²) in [5, 5.41) is 8.94. The normalized spacial score (nSPS) is 10.5. The molecule has 2 rings (SSSR count). The maximum absolute atomic E-state index is 14.0. The highest BCUT2D eigenvalue weighted by Crippen LogP contribution is 2.33. The lowest BCUT2D eigenvalue weighted by molar-refractivity contribution is 0.0697. The molecular formula is C14H9BrF2O2. The van der Waals surface area contributed by atoms with Gasteiger partial charge in [-0.3, -0.25) is 0 Å². The van der Waals surface area contributed by atoms with Crippen molar-refractivity contribution in [2.24, 2.45) is 0 Å². The fourth-order valence-corrected chi connectivity index (χ4v) is 2.13. The van der Waals surface area contributed by atoms with Gasteiger partial charge in [-0.2, -0.15) is 0 Å². The van der Waals surface area contributed by atoms with E-state index in [9.17, 15) is 13.6 Å². The number of hydrogen-bond acceptors (Lipinski definition) is 1. The second-order valence-corrected chi connectivity index (χ2v) is 4.91. The molecule has 0 aromatic heterocycles. The van der Waals surface area contributed by atoms with Gasteiger partial charge in [-0.15, -0.1) is 0 Å². The first kappa shape index (κ1) is 13.7. The molecule has 0 bridgehead atoms. The molecule has 98 valence electrons. The molecule has 0 atom stereocenters. The lowest BCUT2D eigenvalue weighted by Gasteiger charge is -2.10. The van der Waals surface area contributed by atoms with Gasteiger partial charge in [0.05, 0.1) is 15.6 Å². The van der Waals surface area contributed by atoms with Crippen LogP contribution in [0.15, 0.2) is 34.8 Å². The number of benzene rings is 2. The van der Waals surface area contributed by atoms with Crippen LogP contribution in [0.1, 0.15) is 15.9 Å². The van der Waals surface area contributed by atoms with Gasteiger partial charge in [0.2, 0.25) is 0 Å². The minimum atomic E-state index is -1.14. The van der Waals surface area contributed by atoms with Crippen LogP contribution in [0.25, 0.3) is 11.1 Å². The number of halogens is 3. The number of aryl methyl sites for hydroxylation is 1. The van der Waals surface area contributed by atoms with Crippen molar-refractivity contribution in [3.05, 3.63) is 57.6 Å². The fourth-order valence-electron chi connectivity index (χ4n) is 1.80. The second kappa shape index (κ2) is 5.09. The van der Waals surface area contributed by atoms with E-state index in [0.29, 0.717) is 5.56 Å². The Morgan fingerprint density at radius 2 is 1.89 bits per heavy atom. The topological polar surface area (TPSA) is 37.3 Å². The molecule has 0 unspecified atom stereocenters. The van der Waals surface area contributed by atoms with Crippen molar-refractivity contribution in [2.75, 3.05) is 0 Å². The van der Waals surface area contributed by atoms with Crippen molar-refractivity contribution >= 4 is 21.9 Å². The third-order valence-corrected chi connectivity index (χ3v) is 3.41. The summed E-state index contributed by atoms with van der Waals surface area (Å²) in [6.07, 6.45) is 0. The third kappa shape index (κ3) is 2.51. The maximum Gasteiger partial charge on any atom is 0.335 e. The molecule has 19 heavy (non-hydrogen) atoms. The third-order valence-electron chi connectivity index (χ3n) is 2.80. The first-order valence-electron chi connectivity index (χ1n) is 5.39. The van der Waals surface area contributed by atoms with Crippen molar-refractivity contribution in [1.29, 1.82) is 0 Å². The average Bonchev–Trinajstić information content (AvgIpc) is 2.36. The summed E-state index contributed by atoms with van der Waals surface area (Å²) < 4.78 is 28.0. The van der Waals surface area contributed by atoms with Crippen LogP contribution in [0.2, 0.25) is 0 Å². The van der Waals surface area contributed by atoms with Crippen LogP contribution in [-0.4, -0.2) is 11.1 Å². The monoisotopic (exact) mass is 326 g/mol. The second-order valence-electron chi connectivity index (χ2n) is 4.05. The Hall–Kier alpha value is -1.75. The Morgan fingerprint density at radius 1 is 1.21 bits per heavy atom. The zero-order valence-corrected chi connectivity index (χ0v) is 11.5. The van der Waals surface area contributed by atoms with E-state index in [4.69, 9.17) is 5.11 Å². The van der Waals surface area contributed by atoms with Gasteiger partial charge in [0.1, 0.15) is 11.6 Å². The van der Waals surface area contributed by atoms with Crippen molar-refractivity contribution in [2.45, 2.75) is 6.92 Å². The molecule has 2 aromatic carbocycles. The van der Waals surface area contributed by atoms with Gasteiger partial charge in [-0.1, -0.05) is 6.07 Å². The van der Waals surface area contributed by atoms with Crippen LogP contribution in [0.3, 0.4) is 0 Å². The Morgan fingerprint density at radius 3 is 2.53 bits per heavy atom. The summed E-state index contributed by atoms with van der Waals surface area (Å²) in [5.41, 5.74) is 0.589. The summed E-state index contributed by atoms with van der Waals surface area (Å²) in [6.45, 7) is 1.67. The number of rotatable bonds is 2. The SMILES string of the molecule is Cc1ccc(C(=O)O)cc1-c1c(F)ccc(Br)c1F. The molecule has 5 heteroatoms. The predicted octanol–water partition coefficient (Wildman–Crippen LogP) is 4.40. The van der Waals surface area contributed by atoms with Gasteiger partial charge in [0.25, 0.3) is 0 Å². The Labute approximate surface area is 116 Å². The van der Waals surface area contributed by atoms with Crippen molar-refractivity contribution < 1.29 is 18.7 Å². The van der Waals surface area contributed by atoms with Crippen molar-refractivity contribution in [1.82, 2.24) is 0 Å². The van der Waals surface area contributed by atoms with Gasteiger partial charge >= 0.3 is 5.97 Å². The first-order chi connectivity index (χ1) is 8.91. The average molecular weight is 327 g/mol. The Balaban J connectivity index is 2.75. The summed E-state index contributed by atoms with van der Waals surface area (Å²) in [7, 11) is 0. The van der Waals surface area contributed by atoms with Gasteiger partial charge in [-0.05, 0) is 58.2 Å². The van der Waals surface area contributed by atoms with Crippen molar-refractivity contribution in [3.63, 3.8) is 0 Å². The van der Waals surface area contributed by atoms with Crippen LogP contribution >= 0.6 is 15.9 Å². The summed E-state index contributed by atoms with van der Waals surface area (Å²) in [4.78, 5) is 10.9. The number of aromatic carboxylic acids is 1. The molecule has 0 aliphatic heterocycles. The van der Waals surface area contributed by atoms with Gasteiger partial charge in [0.15, 0.2) is 0 Å². The number of hydrogen-bond donors (Lipinski definition) is 1. The number of carboxylic acid groups (broad SMARTS) is 1. The number of carbonyl (C=O) groups is 1. The maximum atomic E-state index is 14.0. The molecule has 1 N–H and O–H groups in total. The highest BCUT2D eigenvalue weighted by atomic mass is 79.9. The molecule has 2 aromatic rings. The molecular weight excluding hydrogens is 318 g/mol. The molecule has 0 saturated heterocycles. The smallest absolute Gasteiger partial charge is 0.335 e. The summed E-state index contributed by atoms with van der Waals surface area (Å²) >= 11 is 2.99. The number of carboxylic acids is 1. The van der Waals surface area contributed by atoms with Crippen LogP contribution in [0, 0.1) is 18.6 Å². The highest BCUT2D eigenvalue weighted by molar-refractivity contribution is 9.10. The van der Waals surface area contributed by atoms with E-state index in [-0.39, 0.29) is 21.2 Å². The first-order valence-corrected chi connectivity index (χ1v) is 6.19.